The average Bonchev–Trinajstić information content (AvgIpc) is 2.74. The van der Waals surface area contributed by atoms with Gasteiger partial charge in [-0.2, -0.15) is 0 Å². The van der Waals surface area contributed by atoms with E-state index in [1.54, 1.807) is 7.11 Å². The summed E-state index contributed by atoms with van der Waals surface area (Å²) >= 11 is 0. The number of rotatable bonds is 9. The van der Waals surface area contributed by atoms with E-state index >= 15 is 0 Å². The summed E-state index contributed by atoms with van der Waals surface area (Å²) in [5.74, 6) is 2.43. The van der Waals surface area contributed by atoms with Crippen molar-refractivity contribution < 1.29 is 19.0 Å². The van der Waals surface area contributed by atoms with E-state index in [9.17, 15) is 4.79 Å². The lowest BCUT2D eigenvalue weighted by molar-refractivity contribution is -0.147. The lowest BCUT2D eigenvalue weighted by Gasteiger charge is -2.56. The van der Waals surface area contributed by atoms with Gasteiger partial charge in [0.25, 0.3) is 0 Å². The highest BCUT2D eigenvalue weighted by Crippen LogP contribution is 2.62. The first-order valence-electron chi connectivity index (χ1n) is 12.7. The molecule has 0 unspecified atom stereocenters. The minimum Gasteiger partial charge on any atom is -0.493 e. The fourth-order valence-electron chi connectivity index (χ4n) is 6.49. The molecule has 2 aliphatic carbocycles. The lowest BCUT2D eigenvalue weighted by Crippen LogP contribution is -2.51. The second kappa shape index (κ2) is 10.1. The molecule has 0 amide bonds. The highest BCUT2D eigenvalue weighted by Gasteiger charge is 2.55. The zero-order valence-electron chi connectivity index (χ0n) is 21.4. The van der Waals surface area contributed by atoms with Crippen LogP contribution in [0.4, 0.5) is 0 Å². The second-order valence-corrected chi connectivity index (χ2v) is 10.9. The van der Waals surface area contributed by atoms with E-state index in [1.807, 2.05) is 6.92 Å². The van der Waals surface area contributed by atoms with Gasteiger partial charge in [0.2, 0.25) is 0 Å². The number of aryl methyl sites for hydroxylation is 1. The van der Waals surface area contributed by atoms with Crippen molar-refractivity contribution in [3.8, 4) is 11.5 Å². The molecule has 0 N–H and O–H groups in total. The number of ether oxygens (including phenoxy) is 3. The SMILES string of the molecule is CCCOC(=O)C[C@]12CCCC(C)(C)[C@@H]1CCc1cc(C(C)C)c(OC)c(OCCC)c12. The monoisotopic (exact) mass is 444 g/mol. The molecule has 1 aromatic rings. The van der Waals surface area contributed by atoms with E-state index in [1.165, 1.54) is 23.1 Å². The third-order valence-corrected chi connectivity index (χ3v) is 7.80. The molecule has 2 aliphatic rings. The molecule has 0 spiro atoms. The zero-order chi connectivity index (χ0) is 23.5. The van der Waals surface area contributed by atoms with Gasteiger partial charge in [-0.05, 0) is 61.3 Å². The molecular weight excluding hydrogens is 400 g/mol. The van der Waals surface area contributed by atoms with Crippen LogP contribution in [0.5, 0.6) is 11.5 Å². The van der Waals surface area contributed by atoms with Crippen LogP contribution in [-0.2, 0) is 21.4 Å². The Morgan fingerprint density at radius 3 is 2.47 bits per heavy atom. The Morgan fingerprint density at radius 1 is 1.12 bits per heavy atom. The van der Waals surface area contributed by atoms with Gasteiger partial charge in [-0.25, -0.2) is 0 Å². The molecule has 3 rings (SSSR count). The van der Waals surface area contributed by atoms with Crippen LogP contribution in [0.2, 0.25) is 0 Å². The molecular formula is C28H44O4. The quantitative estimate of drug-likeness (QED) is 0.386. The summed E-state index contributed by atoms with van der Waals surface area (Å²) in [4.78, 5) is 13.1. The standard InChI is InChI=1S/C28H44O4/c1-8-15-31-23(29)18-28-14-10-13-27(5,6)22(28)12-11-20-17-21(19(3)4)25(30-7)26(24(20)28)32-16-9-2/h17,19,22H,8-16,18H2,1-7H3/t22-,28+/m0/s1. The number of benzene rings is 1. The second-order valence-electron chi connectivity index (χ2n) is 10.9. The van der Waals surface area contributed by atoms with Gasteiger partial charge in [0.15, 0.2) is 11.5 Å². The molecule has 0 bridgehead atoms. The first kappa shape index (κ1) is 24.9. The van der Waals surface area contributed by atoms with E-state index in [0.717, 1.165) is 50.0 Å². The molecule has 4 heteroatoms. The van der Waals surface area contributed by atoms with Gasteiger partial charge in [-0.15, -0.1) is 0 Å². The summed E-state index contributed by atoms with van der Waals surface area (Å²) in [6.07, 6.45) is 7.67. The molecule has 0 aliphatic heterocycles. The van der Waals surface area contributed by atoms with Gasteiger partial charge in [0.1, 0.15) is 0 Å². The summed E-state index contributed by atoms with van der Waals surface area (Å²) in [6, 6.07) is 2.34. The van der Waals surface area contributed by atoms with Crippen molar-refractivity contribution in [1.29, 1.82) is 0 Å². The van der Waals surface area contributed by atoms with Crippen LogP contribution >= 0.6 is 0 Å². The van der Waals surface area contributed by atoms with Gasteiger partial charge >= 0.3 is 5.97 Å². The molecule has 0 heterocycles. The number of carbonyl (C=O) groups excluding carboxylic acids is 1. The maximum Gasteiger partial charge on any atom is 0.306 e. The molecule has 1 fully saturated rings. The van der Waals surface area contributed by atoms with Crippen LogP contribution in [0.1, 0.15) is 109 Å². The smallest absolute Gasteiger partial charge is 0.306 e. The lowest BCUT2D eigenvalue weighted by atomic mass is 9.48. The number of hydrogen-bond acceptors (Lipinski definition) is 4. The summed E-state index contributed by atoms with van der Waals surface area (Å²) < 4.78 is 18.2. The third-order valence-electron chi connectivity index (χ3n) is 7.80. The van der Waals surface area contributed by atoms with Crippen molar-refractivity contribution in [2.24, 2.45) is 11.3 Å². The van der Waals surface area contributed by atoms with Gasteiger partial charge in [-0.1, -0.05) is 54.0 Å². The van der Waals surface area contributed by atoms with Crippen LogP contribution in [0, 0.1) is 11.3 Å². The minimum atomic E-state index is -0.258. The van der Waals surface area contributed by atoms with Crippen LogP contribution in [0.3, 0.4) is 0 Å². The molecule has 1 saturated carbocycles. The number of carbonyl (C=O) groups is 1. The summed E-state index contributed by atoms with van der Waals surface area (Å²) in [5, 5.41) is 0. The van der Waals surface area contributed by atoms with Crippen LogP contribution in [-0.4, -0.2) is 26.3 Å². The van der Waals surface area contributed by atoms with E-state index in [4.69, 9.17) is 14.2 Å². The molecule has 4 nitrogen and oxygen atoms in total. The predicted molar refractivity (Wildman–Crippen MR) is 130 cm³/mol. The molecule has 0 radical (unpaired) electrons. The highest BCUT2D eigenvalue weighted by molar-refractivity contribution is 5.73. The first-order valence-corrected chi connectivity index (χ1v) is 12.7. The molecule has 0 aromatic heterocycles. The van der Waals surface area contributed by atoms with Gasteiger partial charge in [-0.3, -0.25) is 4.79 Å². The molecule has 180 valence electrons. The normalized spacial score (nSPS) is 23.9. The average molecular weight is 445 g/mol. The number of methoxy groups -OCH3 is 1. The Morgan fingerprint density at radius 2 is 1.84 bits per heavy atom. The topological polar surface area (TPSA) is 44.8 Å². The van der Waals surface area contributed by atoms with Crippen molar-refractivity contribution >= 4 is 5.97 Å². The van der Waals surface area contributed by atoms with Crippen molar-refractivity contribution in [3.05, 3.63) is 22.8 Å². The molecule has 0 saturated heterocycles. The van der Waals surface area contributed by atoms with Crippen molar-refractivity contribution in [2.45, 2.75) is 104 Å². The summed E-state index contributed by atoms with van der Waals surface area (Å²) in [5.41, 5.74) is 3.70. The fraction of sp³-hybridized carbons (Fsp3) is 0.750. The highest BCUT2D eigenvalue weighted by atomic mass is 16.5. The van der Waals surface area contributed by atoms with Crippen molar-refractivity contribution in [1.82, 2.24) is 0 Å². The Bertz CT molecular complexity index is 810. The van der Waals surface area contributed by atoms with Crippen molar-refractivity contribution in [2.75, 3.05) is 20.3 Å². The summed E-state index contributed by atoms with van der Waals surface area (Å²) in [7, 11) is 1.75. The van der Waals surface area contributed by atoms with E-state index < -0.39 is 0 Å². The molecule has 1 aromatic carbocycles. The Hall–Kier alpha value is -1.71. The number of hydrogen-bond donors (Lipinski definition) is 0. The summed E-state index contributed by atoms with van der Waals surface area (Å²) in [6.45, 7) is 14.5. The van der Waals surface area contributed by atoms with E-state index in [0.29, 0.717) is 31.5 Å². The predicted octanol–water partition coefficient (Wildman–Crippen LogP) is 6.96. The van der Waals surface area contributed by atoms with Crippen LogP contribution < -0.4 is 9.47 Å². The maximum absolute atomic E-state index is 13.1. The number of fused-ring (bicyclic) bond motifs is 3. The fourth-order valence-corrected chi connectivity index (χ4v) is 6.49. The Labute approximate surface area is 195 Å². The van der Waals surface area contributed by atoms with Crippen LogP contribution in [0.25, 0.3) is 0 Å². The maximum atomic E-state index is 13.1. The minimum absolute atomic E-state index is 0.0734. The largest absolute Gasteiger partial charge is 0.493 e. The number of esters is 1. The third kappa shape index (κ3) is 4.52. The molecule has 2 atom stereocenters. The molecule has 32 heavy (non-hydrogen) atoms. The zero-order valence-corrected chi connectivity index (χ0v) is 21.4. The Balaban J connectivity index is 2.25. The first-order chi connectivity index (χ1) is 15.2. The van der Waals surface area contributed by atoms with E-state index in [-0.39, 0.29) is 16.8 Å². The van der Waals surface area contributed by atoms with Crippen molar-refractivity contribution in [3.63, 3.8) is 0 Å². The van der Waals surface area contributed by atoms with Gasteiger partial charge in [0.05, 0.1) is 26.7 Å². The van der Waals surface area contributed by atoms with Gasteiger partial charge < -0.3 is 14.2 Å². The van der Waals surface area contributed by atoms with E-state index in [2.05, 4.69) is 40.7 Å². The Kier molecular flexibility index (Phi) is 7.83. The van der Waals surface area contributed by atoms with Gasteiger partial charge in [0, 0.05) is 16.5 Å². The van der Waals surface area contributed by atoms with Crippen LogP contribution in [0.15, 0.2) is 6.07 Å².